The molecule has 0 saturated heterocycles. The molecule has 3 aromatic rings. The lowest BCUT2D eigenvalue weighted by Crippen LogP contribution is -2.34. The number of fused-ring (bicyclic) bond motifs is 1. The summed E-state index contributed by atoms with van der Waals surface area (Å²) in [5, 5.41) is 9.16. The van der Waals surface area contributed by atoms with Crippen LogP contribution >= 0.6 is 0 Å². The molecule has 6 heteroatoms. The van der Waals surface area contributed by atoms with Crippen LogP contribution < -0.4 is 14.2 Å². The highest BCUT2D eigenvalue weighted by Crippen LogP contribution is 2.39. The molecule has 36 heavy (non-hydrogen) atoms. The van der Waals surface area contributed by atoms with E-state index in [0.29, 0.717) is 40.9 Å². The number of Topliss-reactive ketones (excluding diaryl/α,β-unsaturated/α-hetero) is 1. The van der Waals surface area contributed by atoms with Crippen molar-refractivity contribution in [2.75, 3.05) is 13.7 Å². The summed E-state index contributed by atoms with van der Waals surface area (Å²) in [6.07, 6.45) is 3.92. The van der Waals surface area contributed by atoms with Crippen molar-refractivity contribution >= 4 is 11.9 Å². The first-order chi connectivity index (χ1) is 17.4. The SMILES string of the molecule is COc1cccc(/C=C/C2Oc3ccc(F)cc3C(=O)C2c2ccc(C#N)cc2)c1OCCC(C)C. The van der Waals surface area contributed by atoms with Crippen molar-refractivity contribution in [3.05, 3.63) is 94.8 Å². The van der Waals surface area contributed by atoms with Gasteiger partial charge in [-0.2, -0.15) is 5.26 Å². The number of hydrogen-bond acceptors (Lipinski definition) is 5. The average molecular weight is 486 g/mol. The van der Waals surface area contributed by atoms with Crippen molar-refractivity contribution < 1.29 is 23.4 Å². The fraction of sp³-hybridized carbons (Fsp3) is 0.267. The first-order valence-electron chi connectivity index (χ1n) is 11.9. The molecule has 0 saturated carbocycles. The van der Waals surface area contributed by atoms with Gasteiger partial charge < -0.3 is 14.2 Å². The Morgan fingerprint density at radius 1 is 1.14 bits per heavy atom. The number of para-hydroxylation sites is 1. The molecule has 5 nitrogen and oxygen atoms in total. The minimum absolute atomic E-state index is 0.202. The molecule has 0 spiro atoms. The summed E-state index contributed by atoms with van der Waals surface area (Å²) < 4.78 is 31.7. The zero-order chi connectivity index (χ0) is 25.7. The lowest BCUT2D eigenvalue weighted by molar-refractivity contribution is 0.0841. The lowest BCUT2D eigenvalue weighted by Gasteiger charge is -2.31. The molecule has 0 bridgehead atoms. The highest BCUT2D eigenvalue weighted by Gasteiger charge is 2.37. The van der Waals surface area contributed by atoms with Gasteiger partial charge in [-0.1, -0.05) is 44.2 Å². The number of ketones is 1. The van der Waals surface area contributed by atoms with E-state index in [4.69, 9.17) is 19.5 Å². The lowest BCUT2D eigenvalue weighted by atomic mass is 9.83. The molecule has 0 amide bonds. The van der Waals surface area contributed by atoms with Crippen molar-refractivity contribution in [1.29, 1.82) is 5.26 Å². The number of halogens is 1. The standard InChI is InChI=1S/C30H28FNO4/c1-19(2)15-16-35-30-22(5-4-6-27(30)34-3)11-13-26-28(21-9-7-20(18-32)8-10-21)29(33)24-17-23(31)12-14-25(24)36-26/h4-14,17,19,26,28H,15-16H2,1-3H3/b13-11+. The van der Waals surface area contributed by atoms with Crippen molar-refractivity contribution in [2.45, 2.75) is 32.3 Å². The Balaban J connectivity index is 1.71. The second-order valence-electron chi connectivity index (χ2n) is 9.07. The molecule has 0 fully saturated rings. The number of nitriles is 1. The summed E-state index contributed by atoms with van der Waals surface area (Å²) >= 11 is 0. The Morgan fingerprint density at radius 2 is 1.92 bits per heavy atom. The summed E-state index contributed by atoms with van der Waals surface area (Å²) in [6.45, 7) is 4.82. The molecule has 4 rings (SSSR count). The van der Waals surface area contributed by atoms with E-state index in [-0.39, 0.29) is 11.3 Å². The summed E-state index contributed by atoms with van der Waals surface area (Å²) in [4.78, 5) is 13.5. The number of nitrogens with zero attached hydrogens (tertiary/aromatic N) is 1. The van der Waals surface area contributed by atoms with Crippen LogP contribution in [0.1, 0.15) is 53.2 Å². The van der Waals surface area contributed by atoms with Gasteiger partial charge in [-0.05, 0) is 60.4 Å². The monoisotopic (exact) mass is 485 g/mol. The van der Waals surface area contributed by atoms with E-state index in [9.17, 15) is 9.18 Å². The van der Waals surface area contributed by atoms with Gasteiger partial charge >= 0.3 is 0 Å². The topological polar surface area (TPSA) is 68.5 Å². The van der Waals surface area contributed by atoms with Crippen LogP contribution in [-0.4, -0.2) is 25.6 Å². The van der Waals surface area contributed by atoms with Crippen LogP contribution in [0.2, 0.25) is 0 Å². The maximum atomic E-state index is 13.9. The smallest absolute Gasteiger partial charge is 0.178 e. The number of ether oxygens (including phenoxy) is 3. The Kier molecular flexibility index (Phi) is 7.70. The molecule has 1 aliphatic rings. The maximum absolute atomic E-state index is 13.9. The van der Waals surface area contributed by atoms with Crippen molar-refractivity contribution in [1.82, 2.24) is 0 Å². The second kappa shape index (κ2) is 11.1. The molecule has 0 radical (unpaired) electrons. The molecular weight excluding hydrogens is 457 g/mol. The number of benzene rings is 3. The Hall–Kier alpha value is -4.11. The molecule has 3 aromatic carbocycles. The molecule has 2 unspecified atom stereocenters. The summed E-state index contributed by atoms with van der Waals surface area (Å²) in [7, 11) is 1.60. The zero-order valence-electron chi connectivity index (χ0n) is 20.5. The minimum Gasteiger partial charge on any atom is -0.493 e. The molecular formula is C30H28FNO4. The van der Waals surface area contributed by atoms with E-state index in [0.717, 1.165) is 12.0 Å². The summed E-state index contributed by atoms with van der Waals surface area (Å²) in [5.41, 5.74) is 2.16. The van der Waals surface area contributed by atoms with Crippen LogP contribution in [0.25, 0.3) is 6.08 Å². The predicted octanol–water partition coefficient (Wildman–Crippen LogP) is 6.57. The van der Waals surface area contributed by atoms with Gasteiger partial charge in [0.25, 0.3) is 0 Å². The van der Waals surface area contributed by atoms with E-state index >= 15 is 0 Å². The predicted molar refractivity (Wildman–Crippen MR) is 136 cm³/mol. The summed E-state index contributed by atoms with van der Waals surface area (Å²) in [5.74, 6) is 0.618. The van der Waals surface area contributed by atoms with Crippen LogP contribution in [0.5, 0.6) is 17.2 Å². The number of carbonyl (C=O) groups is 1. The normalized spacial score (nSPS) is 16.9. The molecule has 1 aliphatic heterocycles. The van der Waals surface area contributed by atoms with Gasteiger partial charge in [0.1, 0.15) is 17.7 Å². The van der Waals surface area contributed by atoms with Crippen LogP contribution in [0, 0.1) is 23.1 Å². The molecule has 0 N–H and O–H groups in total. The van der Waals surface area contributed by atoms with Crippen LogP contribution in [-0.2, 0) is 0 Å². The van der Waals surface area contributed by atoms with Gasteiger partial charge in [0.2, 0.25) is 0 Å². The van der Waals surface area contributed by atoms with Gasteiger partial charge in [0, 0.05) is 5.56 Å². The number of methoxy groups -OCH3 is 1. The highest BCUT2D eigenvalue weighted by atomic mass is 19.1. The second-order valence-corrected chi connectivity index (χ2v) is 9.07. The van der Waals surface area contributed by atoms with Crippen molar-refractivity contribution in [3.63, 3.8) is 0 Å². The van der Waals surface area contributed by atoms with Crippen molar-refractivity contribution in [3.8, 4) is 23.3 Å². The van der Waals surface area contributed by atoms with Gasteiger partial charge in [0.15, 0.2) is 17.3 Å². The average Bonchev–Trinajstić information content (AvgIpc) is 2.88. The Bertz CT molecular complexity index is 1310. The molecule has 0 aliphatic carbocycles. The Morgan fingerprint density at radius 3 is 2.61 bits per heavy atom. The summed E-state index contributed by atoms with van der Waals surface area (Å²) in [6, 6.07) is 18.5. The van der Waals surface area contributed by atoms with Gasteiger partial charge in [-0.15, -0.1) is 0 Å². The molecule has 184 valence electrons. The number of carbonyl (C=O) groups excluding carboxylic acids is 1. The van der Waals surface area contributed by atoms with Gasteiger partial charge in [0.05, 0.1) is 36.8 Å². The van der Waals surface area contributed by atoms with E-state index < -0.39 is 17.8 Å². The maximum Gasteiger partial charge on any atom is 0.178 e. The molecule has 0 aromatic heterocycles. The minimum atomic E-state index is -0.709. The van der Waals surface area contributed by atoms with Crippen LogP contribution in [0.4, 0.5) is 4.39 Å². The van der Waals surface area contributed by atoms with Crippen LogP contribution in [0.15, 0.2) is 66.7 Å². The first kappa shape index (κ1) is 25.0. The largest absolute Gasteiger partial charge is 0.493 e. The third-order valence-electron chi connectivity index (χ3n) is 6.12. The van der Waals surface area contributed by atoms with E-state index in [1.165, 1.54) is 18.2 Å². The molecule has 2 atom stereocenters. The zero-order valence-corrected chi connectivity index (χ0v) is 20.5. The van der Waals surface area contributed by atoms with Gasteiger partial charge in [-0.25, -0.2) is 4.39 Å². The Labute approximate surface area is 210 Å². The fourth-order valence-corrected chi connectivity index (χ4v) is 4.16. The number of rotatable bonds is 8. The van der Waals surface area contributed by atoms with E-state index in [1.54, 1.807) is 31.4 Å². The number of hydrogen-bond donors (Lipinski definition) is 0. The first-order valence-corrected chi connectivity index (χ1v) is 11.9. The quantitative estimate of drug-likeness (QED) is 0.361. The third-order valence-corrected chi connectivity index (χ3v) is 6.12. The fourth-order valence-electron chi connectivity index (χ4n) is 4.16. The molecule has 1 heterocycles. The van der Waals surface area contributed by atoms with Crippen LogP contribution in [0.3, 0.4) is 0 Å². The third kappa shape index (κ3) is 5.41. The van der Waals surface area contributed by atoms with Gasteiger partial charge in [-0.3, -0.25) is 4.79 Å². The van der Waals surface area contributed by atoms with E-state index in [1.807, 2.05) is 30.4 Å². The van der Waals surface area contributed by atoms with Crippen molar-refractivity contribution in [2.24, 2.45) is 5.92 Å². The van der Waals surface area contributed by atoms with E-state index in [2.05, 4.69) is 19.9 Å². The highest BCUT2D eigenvalue weighted by molar-refractivity contribution is 6.05.